The van der Waals surface area contributed by atoms with E-state index in [1.807, 2.05) is 72.8 Å². The maximum Gasteiger partial charge on any atom is 0.236 e. The van der Waals surface area contributed by atoms with Gasteiger partial charge < -0.3 is 5.32 Å². The number of carbonyl (C=O) groups excluding carboxylic acids is 1. The van der Waals surface area contributed by atoms with Gasteiger partial charge in [0.1, 0.15) is 0 Å². The summed E-state index contributed by atoms with van der Waals surface area (Å²) in [4.78, 5) is 13.2. The third-order valence-corrected chi connectivity index (χ3v) is 6.93. The zero-order valence-corrected chi connectivity index (χ0v) is 18.9. The van der Waals surface area contributed by atoms with Crippen molar-refractivity contribution in [2.45, 2.75) is 17.9 Å². The Kier molecular flexibility index (Phi) is 6.60. The summed E-state index contributed by atoms with van der Waals surface area (Å²) in [7, 11) is -3.39. The van der Waals surface area contributed by atoms with Crippen molar-refractivity contribution in [2.24, 2.45) is 0 Å². The van der Waals surface area contributed by atoms with Gasteiger partial charge in [-0.05, 0) is 35.4 Å². The van der Waals surface area contributed by atoms with Crippen molar-refractivity contribution in [2.75, 3.05) is 11.1 Å². The number of amides is 1. The Morgan fingerprint density at radius 3 is 1.85 bits per heavy atom. The molecule has 6 nitrogen and oxygen atoms in total. The van der Waals surface area contributed by atoms with Crippen molar-refractivity contribution in [3.8, 4) is 11.3 Å². The minimum Gasteiger partial charge on any atom is -0.325 e. The van der Waals surface area contributed by atoms with Gasteiger partial charge in [-0.3, -0.25) is 4.79 Å². The lowest BCUT2D eigenvalue weighted by Gasteiger charge is -2.18. The molecule has 0 radical (unpaired) electrons. The molecule has 0 bridgehead atoms. The zero-order valence-electron chi connectivity index (χ0n) is 18.0. The van der Waals surface area contributed by atoms with Gasteiger partial charge in [-0.1, -0.05) is 79.7 Å². The molecule has 0 fully saturated rings. The standard InChI is InChI=1S/C26H23N3O3S/c1-2-33(31,32)24-18-17-23(28-29-24)19-13-15-22(16-14-19)27-26(30)25(20-9-5-3-6-10-20)21-11-7-4-8-12-21/h3-18,25H,2H2,1H3,(H,27,30). The van der Waals surface area contributed by atoms with E-state index in [-0.39, 0.29) is 16.7 Å². The number of benzene rings is 3. The topological polar surface area (TPSA) is 89.0 Å². The Morgan fingerprint density at radius 1 is 0.788 bits per heavy atom. The summed E-state index contributed by atoms with van der Waals surface area (Å²) in [6, 6.07) is 29.6. The lowest BCUT2D eigenvalue weighted by Crippen LogP contribution is -2.22. The van der Waals surface area contributed by atoms with E-state index in [2.05, 4.69) is 15.5 Å². The molecule has 166 valence electrons. The highest BCUT2D eigenvalue weighted by Crippen LogP contribution is 2.27. The van der Waals surface area contributed by atoms with Gasteiger partial charge in [0.25, 0.3) is 0 Å². The maximum atomic E-state index is 13.2. The molecule has 0 aliphatic heterocycles. The normalized spacial score (nSPS) is 11.3. The molecule has 0 saturated carbocycles. The molecule has 4 rings (SSSR count). The fourth-order valence-electron chi connectivity index (χ4n) is 3.51. The molecule has 0 aliphatic carbocycles. The quantitative estimate of drug-likeness (QED) is 0.434. The van der Waals surface area contributed by atoms with Crippen LogP contribution in [0.15, 0.2) is 102 Å². The number of nitrogens with one attached hydrogen (secondary N) is 1. The number of hydrogen-bond acceptors (Lipinski definition) is 5. The summed E-state index contributed by atoms with van der Waals surface area (Å²) in [5.41, 5.74) is 3.79. The smallest absolute Gasteiger partial charge is 0.236 e. The minimum atomic E-state index is -3.39. The predicted molar refractivity (Wildman–Crippen MR) is 129 cm³/mol. The third-order valence-electron chi connectivity index (χ3n) is 5.31. The highest BCUT2D eigenvalue weighted by atomic mass is 32.2. The van der Waals surface area contributed by atoms with Gasteiger partial charge in [0, 0.05) is 11.3 Å². The van der Waals surface area contributed by atoms with Crippen LogP contribution in [0.25, 0.3) is 11.3 Å². The Morgan fingerprint density at radius 2 is 1.36 bits per heavy atom. The van der Waals surface area contributed by atoms with Gasteiger partial charge in [0.2, 0.25) is 5.91 Å². The van der Waals surface area contributed by atoms with Crippen LogP contribution in [0.3, 0.4) is 0 Å². The first-order chi connectivity index (χ1) is 16.0. The van der Waals surface area contributed by atoms with Crippen LogP contribution >= 0.6 is 0 Å². The summed E-state index contributed by atoms with van der Waals surface area (Å²) in [6.45, 7) is 1.57. The molecule has 0 saturated heterocycles. The minimum absolute atomic E-state index is 0.0254. The number of hydrogen-bond donors (Lipinski definition) is 1. The van der Waals surface area contributed by atoms with Crippen LogP contribution in [0.5, 0.6) is 0 Å². The molecule has 1 heterocycles. The first-order valence-corrected chi connectivity index (χ1v) is 12.2. The van der Waals surface area contributed by atoms with Crippen molar-refractivity contribution in [1.29, 1.82) is 0 Å². The average Bonchev–Trinajstić information content (AvgIpc) is 2.86. The van der Waals surface area contributed by atoms with E-state index in [1.54, 1.807) is 25.1 Å². The van der Waals surface area contributed by atoms with Gasteiger partial charge >= 0.3 is 0 Å². The summed E-state index contributed by atoms with van der Waals surface area (Å²) in [5.74, 6) is -0.595. The average molecular weight is 458 g/mol. The Balaban J connectivity index is 1.54. The third kappa shape index (κ3) is 5.15. The maximum absolute atomic E-state index is 13.2. The van der Waals surface area contributed by atoms with Gasteiger partial charge in [0.05, 0.1) is 17.4 Å². The fraction of sp³-hybridized carbons (Fsp3) is 0.115. The van der Waals surface area contributed by atoms with E-state index in [1.165, 1.54) is 6.07 Å². The van der Waals surface area contributed by atoms with Crippen molar-refractivity contribution in [3.05, 3.63) is 108 Å². The molecule has 4 aromatic rings. The monoisotopic (exact) mass is 457 g/mol. The number of sulfone groups is 1. The number of nitrogens with zero attached hydrogens (tertiary/aromatic N) is 2. The zero-order chi connectivity index (χ0) is 23.3. The number of aromatic nitrogens is 2. The lowest BCUT2D eigenvalue weighted by atomic mass is 9.90. The molecule has 7 heteroatoms. The molecule has 1 N–H and O–H groups in total. The molecule has 3 aromatic carbocycles. The molecule has 33 heavy (non-hydrogen) atoms. The molecule has 1 aromatic heterocycles. The van der Waals surface area contributed by atoms with Crippen LogP contribution in [0.4, 0.5) is 5.69 Å². The molecule has 0 atom stereocenters. The van der Waals surface area contributed by atoms with Crippen LogP contribution in [-0.4, -0.2) is 30.3 Å². The van der Waals surface area contributed by atoms with E-state index in [0.717, 1.165) is 16.7 Å². The second kappa shape index (κ2) is 9.75. The fourth-order valence-corrected chi connectivity index (χ4v) is 4.25. The van der Waals surface area contributed by atoms with Crippen LogP contribution < -0.4 is 5.32 Å². The van der Waals surface area contributed by atoms with E-state index in [9.17, 15) is 13.2 Å². The van der Waals surface area contributed by atoms with Gasteiger partial charge in [-0.15, -0.1) is 10.2 Å². The largest absolute Gasteiger partial charge is 0.325 e. The van der Waals surface area contributed by atoms with Crippen LogP contribution in [0.2, 0.25) is 0 Å². The number of carbonyl (C=O) groups is 1. The van der Waals surface area contributed by atoms with E-state index in [4.69, 9.17) is 0 Å². The van der Waals surface area contributed by atoms with Gasteiger partial charge in [-0.25, -0.2) is 8.42 Å². The Hall–Kier alpha value is -3.84. The van der Waals surface area contributed by atoms with Crippen molar-refractivity contribution < 1.29 is 13.2 Å². The predicted octanol–water partition coefficient (Wildman–Crippen LogP) is 4.71. The van der Waals surface area contributed by atoms with E-state index in [0.29, 0.717) is 11.4 Å². The molecular weight excluding hydrogens is 434 g/mol. The van der Waals surface area contributed by atoms with Crippen molar-refractivity contribution >= 4 is 21.4 Å². The summed E-state index contributed by atoms with van der Waals surface area (Å²) in [6.07, 6.45) is 0. The van der Waals surface area contributed by atoms with E-state index >= 15 is 0 Å². The molecule has 0 unspecified atom stereocenters. The highest BCUT2D eigenvalue weighted by Gasteiger charge is 2.22. The van der Waals surface area contributed by atoms with E-state index < -0.39 is 15.8 Å². The summed E-state index contributed by atoms with van der Waals surface area (Å²) in [5, 5.41) is 10.9. The first kappa shape index (κ1) is 22.4. The second-order valence-corrected chi connectivity index (χ2v) is 9.71. The van der Waals surface area contributed by atoms with Crippen molar-refractivity contribution in [3.63, 3.8) is 0 Å². The van der Waals surface area contributed by atoms with Crippen LogP contribution in [0, 0.1) is 0 Å². The second-order valence-electron chi connectivity index (χ2n) is 7.48. The Labute approximate surface area is 193 Å². The van der Waals surface area contributed by atoms with Crippen LogP contribution in [-0.2, 0) is 14.6 Å². The highest BCUT2D eigenvalue weighted by molar-refractivity contribution is 7.91. The SMILES string of the molecule is CCS(=O)(=O)c1ccc(-c2ccc(NC(=O)C(c3ccccc3)c3ccccc3)cc2)nn1. The Bertz CT molecular complexity index is 1280. The van der Waals surface area contributed by atoms with Crippen LogP contribution in [0.1, 0.15) is 24.0 Å². The summed E-state index contributed by atoms with van der Waals surface area (Å²) >= 11 is 0. The number of rotatable bonds is 7. The van der Waals surface area contributed by atoms with Gasteiger partial charge in [-0.2, -0.15) is 0 Å². The molecule has 0 spiro atoms. The number of anilines is 1. The first-order valence-electron chi connectivity index (χ1n) is 10.6. The van der Waals surface area contributed by atoms with Gasteiger partial charge in [0.15, 0.2) is 14.9 Å². The molecule has 1 amide bonds. The molecule has 0 aliphatic rings. The lowest BCUT2D eigenvalue weighted by molar-refractivity contribution is -0.116. The molecular formula is C26H23N3O3S. The van der Waals surface area contributed by atoms with Crippen molar-refractivity contribution in [1.82, 2.24) is 10.2 Å². The summed E-state index contributed by atoms with van der Waals surface area (Å²) < 4.78 is 23.8.